The number of para-hydroxylation sites is 1. The van der Waals surface area contributed by atoms with Gasteiger partial charge in [-0.25, -0.2) is 21.2 Å². The van der Waals surface area contributed by atoms with Crippen LogP contribution in [0.4, 0.5) is 15.9 Å². The molecule has 0 atom stereocenters. The summed E-state index contributed by atoms with van der Waals surface area (Å²) < 4.78 is 74.5. The number of hydrogen-bond acceptors (Lipinski definition) is 9. The van der Waals surface area contributed by atoms with E-state index in [0.717, 1.165) is 27.0 Å². The fourth-order valence-electron chi connectivity index (χ4n) is 4.37. The summed E-state index contributed by atoms with van der Waals surface area (Å²) in [5.74, 6) is -1.04. The number of nitrogens with zero attached hydrogens (tertiary/aromatic N) is 4. The van der Waals surface area contributed by atoms with Crippen molar-refractivity contribution in [2.75, 3.05) is 37.2 Å². The molecule has 2 heterocycles. The van der Waals surface area contributed by atoms with E-state index in [2.05, 4.69) is 16.9 Å². The van der Waals surface area contributed by atoms with Crippen LogP contribution in [0, 0.1) is 19.5 Å². The van der Waals surface area contributed by atoms with Gasteiger partial charge in [0.2, 0.25) is 25.8 Å². The first-order valence-corrected chi connectivity index (χ1v) is 17.0. The minimum atomic E-state index is -4.47. The maximum atomic E-state index is 13.6. The molecular formula is C27H25FIN5O8S2. The Morgan fingerprint density at radius 2 is 1.82 bits per heavy atom. The van der Waals surface area contributed by atoms with Crippen molar-refractivity contribution in [2.24, 2.45) is 0 Å². The highest BCUT2D eigenvalue weighted by atomic mass is 127. The summed E-state index contributed by atoms with van der Waals surface area (Å²) in [6.07, 6.45) is 2.18. The molecule has 0 aliphatic heterocycles. The van der Waals surface area contributed by atoms with Gasteiger partial charge in [0.05, 0.1) is 25.7 Å². The number of nitro groups is 1. The minimum Gasteiger partial charge on any atom is -0.437 e. The van der Waals surface area contributed by atoms with Crippen molar-refractivity contribution in [1.29, 1.82) is 0 Å². The lowest BCUT2D eigenvalue weighted by Crippen LogP contribution is -2.41. The van der Waals surface area contributed by atoms with Gasteiger partial charge in [0.15, 0.2) is 10.7 Å². The number of nitro benzene ring substituents is 1. The fourth-order valence-corrected chi connectivity index (χ4v) is 7.68. The van der Waals surface area contributed by atoms with Gasteiger partial charge in [-0.3, -0.25) is 19.2 Å². The highest BCUT2D eigenvalue weighted by molar-refractivity contribution is 14.1. The first kappa shape index (κ1) is 33.0. The molecule has 0 saturated carbocycles. The van der Waals surface area contributed by atoms with E-state index in [-0.39, 0.29) is 38.4 Å². The summed E-state index contributed by atoms with van der Waals surface area (Å²) >= 11 is 1.84. The molecular weight excluding hydrogens is 732 g/mol. The normalized spacial score (nSPS) is 11.9. The van der Waals surface area contributed by atoms with E-state index in [1.54, 1.807) is 0 Å². The van der Waals surface area contributed by atoms with E-state index in [9.17, 15) is 36.1 Å². The van der Waals surface area contributed by atoms with Crippen molar-refractivity contribution in [3.05, 3.63) is 92.3 Å². The van der Waals surface area contributed by atoms with Crippen molar-refractivity contribution in [3.8, 4) is 11.3 Å². The van der Waals surface area contributed by atoms with Crippen LogP contribution in [-0.2, 0) is 20.0 Å². The Morgan fingerprint density at radius 1 is 1.16 bits per heavy atom. The van der Waals surface area contributed by atoms with Crippen molar-refractivity contribution < 1.29 is 35.4 Å². The number of benzene rings is 2. The maximum Gasteiger partial charge on any atom is 0.289 e. The van der Waals surface area contributed by atoms with E-state index in [0.29, 0.717) is 5.56 Å². The van der Waals surface area contributed by atoms with Gasteiger partial charge in [0.1, 0.15) is 11.6 Å². The monoisotopic (exact) mass is 757 g/mol. The smallest absolute Gasteiger partial charge is 0.289 e. The van der Waals surface area contributed by atoms with Gasteiger partial charge in [-0.15, -0.1) is 6.58 Å². The Hall–Kier alpha value is -3.94. The van der Waals surface area contributed by atoms with Gasteiger partial charge in [0, 0.05) is 38.3 Å². The number of hydrogen-bond donors (Lipinski definition) is 1. The van der Waals surface area contributed by atoms with Crippen LogP contribution in [0.25, 0.3) is 22.4 Å². The van der Waals surface area contributed by atoms with Crippen LogP contribution in [0.5, 0.6) is 0 Å². The fraction of sp³-hybridized carbons (Fsp3) is 0.185. The number of pyridine rings is 1. The number of anilines is 1. The molecule has 2 aromatic heterocycles. The highest BCUT2D eigenvalue weighted by Crippen LogP contribution is 2.36. The number of amides is 1. The van der Waals surface area contributed by atoms with E-state index in [1.165, 1.54) is 55.6 Å². The van der Waals surface area contributed by atoms with Crippen LogP contribution < -0.4 is 9.62 Å². The van der Waals surface area contributed by atoms with Gasteiger partial charge in [-0.1, -0.05) is 18.2 Å². The summed E-state index contributed by atoms with van der Waals surface area (Å²) in [6.45, 7) is 2.42. The van der Waals surface area contributed by atoms with Crippen LogP contribution in [0.3, 0.4) is 0 Å². The second kappa shape index (κ2) is 13.0. The zero-order valence-corrected chi connectivity index (χ0v) is 27.0. The lowest BCUT2D eigenvalue weighted by Gasteiger charge is -2.26. The Bertz CT molecular complexity index is 1980. The van der Waals surface area contributed by atoms with Crippen molar-refractivity contribution in [1.82, 2.24) is 14.6 Å². The molecule has 0 unspecified atom stereocenters. The molecule has 1 amide bonds. The minimum absolute atomic E-state index is 0.0819. The molecule has 0 aliphatic rings. The molecule has 0 bridgehead atoms. The summed E-state index contributed by atoms with van der Waals surface area (Å²) in [5, 5.41) is 14.3. The number of fused-ring (bicyclic) bond motifs is 1. The number of sulfonamides is 2. The topological polar surface area (TPSA) is 173 Å². The van der Waals surface area contributed by atoms with Gasteiger partial charge >= 0.3 is 0 Å². The average Bonchev–Trinajstić information content (AvgIpc) is 3.34. The van der Waals surface area contributed by atoms with Crippen LogP contribution in [0.15, 0.2) is 76.6 Å². The lowest BCUT2D eigenvalue weighted by molar-refractivity contribution is -0.387. The van der Waals surface area contributed by atoms with Gasteiger partial charge in [0.25, 0.3) is 11.6 Å². The third-order valence-corrected chi connectivity index (χ3v) is 10.2. The third-order valence-electron chi connectivity index (χ3n) is 6.38. The zero-order valence-electron chi connectivity index (χ0n) is 23.2. The Balaban J connectivity index is 1.79. The van der Waals surface area contributed by atoms with E-state index >= 15 is 0 Å². The lowest BCUT2D eigenvalue weighted by atomic mass is 10.1. The molecule has 0 radical (unpaired) electrons. The van der Waals surface area contributed by atoms with Gasteiger partial charge in [-0.05, 0) is 59.0 Å². The molecule has 0 spiro atoms. The van der Waals surface area contributed by atoms with Crippen molar-refractivity contribution in [2.45, 2.75) is 4.90 Å². The number of nitrogens with one attached hydrogen (secondary N) is 1. The first-order chi connectivity index (χ1) is 20.7. The number of furan rings is 1. The number of carbonyl (C=O) groups is 1. The molecule has 232 valence electrons. The second-order valence-corrected chi connectivity index (χ2v) is 14.2. The molecule has 17 heteroatoms. The quantitative estimate of drug-likeness (QED) is 0.0965. The first-order valence-electron chi connectivity index (χ1n) is 12.6. The largest absolute Gasteiger partial charge is 0.437 e. The summed E-state index contributed by atoms with van der Waals surface area (Å²) in [6, 6.07) is 11.5. The summed E-state index contributed by atoms with van der Waals surface area (Å²) in [4.78, 5) is 27.4. The Kier molecular flexibility index (Phi) is 9.71. The molecule has 13 nitrogen and oxygen atoms in total. The molecule has 0 aliphatic carbocycles. The molecule has 1 N–H and O–H groups in total. The third kappa shape index (κ3) is 6.59. The molecule has 0 saturated heterocycles. The van der Waals surface area contributed by atoms with E-state index in [4.69, 9.17) is 4.42 Å². The predicted octanol–water partition coefficient (Wildman–Crippen LogP) is 4.15. The second-order valence-electron chi connectivity index (χ2n) is 9.25. The van der Waals surface area contributed by atoms with Crippen LogP contribution in [0.2, 0.25) is 0 Å². The standard InChI is InChI=1S/C27H25FIN5O8S2/c1-4-13-32(44(40,41)22-8-6-5-7-21(22)34(36)37)14-15-33(43(3,38)39)25-20(29)16-19-23(26(35)30-2)24(42-27(19)31-25)17-9-11-18(28)12-10-17/h4-12,16H,1,13-15H2,2-3H3,(H,30,35). The maximum absolute atomic E-state index is 13.6. The molecule has 4 aromatic rings. The SMILES string of the molecule is C=CCN(CCN(c1nc2oc(-c3ccc(F)cc3)c(C(=O)NC)c2cc1I)S(C)(=O)=O)S(=O)(=O)c1ccccc1[N+](=O)[O-]. The molecule has 44 heavy (non-hydrogen) atoms. The van der Waals surface area contributed by atoms with E-state index < -0.39 is 60.4 Å². The summed E-state index contributed by atoms with van der Waals surface area (Å²) in [5.41, 5.74) is -0.253. The van der Waals surface area contributed by atoms with Gasteiger partial charge in [-0.2, -0.15) is 9.29 Å². The number of halogens is 2. The van der Waals surface area contributed by atoms with E-state index in [1.807, 2.05) is 22.6 Å². The van der Waals surface area contributed by atoms with Crippen LogP contribution in [-0.4, -0.2) is 69.9 Å². The highest BCUT2D eigenvalue weighted by Gasteiger charge is 2.33. The average molecular weight is 758 g/mol. The zero-order chi connectivity index (χ0) is 32.4. The molecule has 0 fully saturated rings. The predicted molar refractivity (Wildman–Crippen MR) is 170 cm³/mol. The number of rotatable bonds is 12. The van der Waals surface area contributed by atoms with Gasteiger partial charge < -0.3 is 9.73 Å². The molecule has 4 rings (SSSR count). The Morgan fingerprint density at radius 3 is 2.41 bits per heavy atom. The van der Waals surface area contributed by atoms with Crippen LogP contribution in [0.1, 0.15) is 10.4 Å². The summed E-state index contributed by atoms with van der Waals surface area (Å²) in [7, 11) is -7.14. The Labute approximate surface area is 265 Å². The number of aromatic nitrogens is 1. The molecule has 2 aromatic carbocycles. The van der Waals surface area contributed by atoms with Crippen LogP contribution >= 0.6 is 22.6 Å². The number of carbonyl (C=O) groups excluding carboxylic acids is 1. The van der Waals surface area contributed by atoms with Crippen molar-refractivity contribution >= 4 is 71.1 Å². The van der Waals surface area contributed by atoms with Crippen molar-refractivity contribution in [3.63, 3.8) is 0 Å².